The number of hydrogen-bond acceptors (Lipinski definition) is 5. The average molecular weight is 346 g/mol. The average Bonchev–Trinajstić information content (AvgIpc) is 3.08. The van der Waals surface area contributed by atoms with Crippen molar-refractivity contribution in [2.75, 3.05) is 17.6 Å². The van der Waals surface area contributed by atoms with Crippen molar-refractivity contribution in [3.05, 3.63) is 48.7 Å². The Bertz CT molecular complexity index is 822. The maximum Gasteiger partial charge on any atom is 0.243 e. The summed E-state index contributed by atoms with van der Waals surface area (Å²) >= 11 is 0. The van der Waals surface area contributed by atoms with E-state index in [0.717, 1.165) is 0 Å². The summed E-state index contributed by atoms with van der Waals surface area (Å²) in [6, 6.07) is 10.6. The van der Waals surface area contributed by atoms with E-state index in [2.05, 4.69) is 10.3 Å². The van der Waals surface area contributed by atoms with E-state index in [1.165, 1.54) is 22.6 Å². The fraction of sp³-hybridized carbons (Fsp3) is 0.250. The van der Waals surface area contributed by atoms with Gasteiger partial charge in [0.15, 0.2) is 0 Å². The van der Waals surface area contributed by atoms with Crippen LogP contribution in [0.1, 0.15) is 12.8 Å². The van der Waals surface area contributed by atoms with Crippen molar-refractivity contribution in [1.82, 2.24) is 9.29 Å². The molecule has 0 spiro atoms. The van der Waals surface area contributed by atoms with Crippen LogP contribution in [0.15, 0.2) is 53.6 Å². The van der Waals surface area contributed by atoms with Gasteiger partial charge >= 0.3 is 0 Å². The number of nitrogens with zero attached hydrogens (tertiary/aromatic N) is 2. The Morgan fingerprint density at radius 2 is 1.96 bits per heavy atom. The van der Waals surface area contributed by atoms with Gasteiger partial charge in [0.25, 0.3) is 0 Å². The standard InChI is InChI=1S/C16H18N4O3S/c17-15-9-8-12(11-18-15)19-16(21)14-7-4-10-20(14)24(22,23)13-5-2-1-3-6-13/h1-3,5-6,8-9,11,14H,4,7,10H2,(H2,17,18)(H,19,21). The molecule has 24 heavy (non-hydrogen) atoms. The number of carbonyl (C=O) groups excluding carboxylic acids is 1. The predicted molar refractivity (Wildman–Crippen MR) is 90.6 cm³/mol. The molecular weight excluding hydrogens is 328 g/mol. The number of carbonyl (C=O) groups is 1. The Morgan fingerprint density at radius 3 is 2.62 bits per heavy atom. The highest BCUT2D eigenvalue weighted by Gasteiger charge is 2.39. The maximum absolute atomic E-state index is 12.8. The Labute approximate surface area is 140 Å². The van der Waals surface area contributed by atoms with Crippen LogP contribution in [0.2, 0.25) is 0 Å². The molecule has 1 unspecified atom stereocenters. The summed E-state index contributed by atoms with van der Waals surface area (Å²) in [5, 5.41) is 2.70. The van der Waals surface area contributed by atoms with Crippen molar-refractivity contribution < 1.29 is 13.2 Å². The molecule has 8 heteroatoms. The highest BCUT2D eigenvalue weighted by atomic mass is 32.2. The molecule has 1 saturated heterocycles. The third kappa shape index (κ3) is 3.24. The SMILES string of the molecule is Nc1ccc(NC(=O)C2CCCN2S(=O)(=O)c2ccccc2)cn1. The molecule has 1 aliphatic heterocycles. The fourth-order valence-electron chi connectivity index (χ4n) is 2.72. The number of aromatic nitrogens is 1. The van der Waals surface area contributed by atoms with Crippen molar-refractivity contribution in [1.29, 1.82) is 0 Å². The largest absolute Gasteiger partial charge is 0.384 e. The lowest BCUT2D eigenvalue weighted by atomic mass is 10.2. The van der Waals surface area contributed by atoms with Gasteiger partial charge < -0.3 is 11.1 Å². The van der Waals surface area contributed by atoms with Gasteiger partial charge in [-0.15, -0.1) is 0 Å². The van der Waals surface area contributed by atoms with Crippen LogP contribution in [0.3, 0.4) is 0 Å². The molecule has 3 N–H and O–H groups in total. The van der Waals surface area contributed by atoms with Crippen molar-refractivity contribution >= 4 is 27.4 Å². The number of rotatable bonds is 4. The molecule has 1 fully saturated rings. The highest BCUT2D eigenvalue weighted by molar-refractivity contribution is 7.89. The van der Waals surface area contributed by atoms with Crippen LogP contribution in [0.5, 0.6) is 0 Å². The molecule has 0 radical (unpaired) electrons. The van der Waals surface area contributed by atoms with E-state index in [-0.39, 0.29) is 10.8 Å². The predicted octanol–water partition coefficient (Wildman–Crippen LogP) is 1.46. The third-order valence-electron chi connectivity index (χ3n) is 3.91. The number of nitrogen functional groups attached to an aromatic ring is 1. The first-order chi connectivity index (χ1) is 11.5. The first-order valence-electron chi connectivity index (χ1n) is 7.58. The molecule has 1 amide bonds. The van der Waals surface area contributed by atoms with Gasteiger partial charge in [0.2, 0.25) is 15.9 Å². The molecule has 2 aromatic rings. The number of nitrogens with one attached hydrogen (secondary N) is 1. The molecule has 126 valence electrons. The molecule has 1 atom stereocenters. The van der Waals surface area contributed by atoms with E-state index in [0.29, 0.717) is 30.9 Å². The van der Waals surface area contributed by atoms with Crippen LogP contribution >= 0.6 is 0 Å². The number of pyridine rings is 1. The molecule has 3 rings (SSSR count). The Morgan fingerprint density at radius 1 is 1.21 bits per heavy atom. The molecule has 2 heterocycles. The molecule has 1 aliphatic rings. The smallest absolute Gasteiger partial charge is 0.243 e. The summed E-state index contributed by atoms with van der Waals surface area (Å²) in [5.74, 6) is -0.0132. The summed E-state index contributed by atoms with van der Waals surface area (Å²) in [6.07, 6.45) is 2.57. The molecule has 0 bridgehead atoms. The van der Waals surface area contributed by atoms with Gasteiger partial charge in [-0.1, -0.05) is 18.2 Å². The molecule has 7 nitrogen and oxygen atoms in total. The number of sulfonamides is 1. The van der Waals surface area contributed by atoms with Gasteiger partial charge in [-0.25, -0.2) is 13.4 Å². The minimum Gasteiger partial charge on any atom is -0.384 e. The number of hydrogen-bond donors (Lipinski definition) is 2. The Kier molecular flexibility index (Phi) is 4.50. The lowest BCUT2D eigenvalue weighted by Crippen LogP contribution is -2.43. The monoisotopic (exact) mass is 346 g/mol. The quantitative estimate of drug-likeness (QED) is 0.872. The van der Waals surface area contributed by atoms with E-state index in [9.17, 15) is 13.2 Å². The van der Waals surface area contributed by atoms with Gasteiger partial charge in [-0.3, -0.25) is 4.79 Å². The third-order valence-corrected chi connectivity index (χ3v) is 5.83. The number of benzene rings is 1. The lowest BCUT2D eigenvalue weighted by Gasteiger charge is -2.23. The van der Waals surface area contributed by atoms with E-state index in [1.807, 2.05) is 0 Å². The zero-order chi connectivity index (χ0) is 17.2. The zero-order valence-corrected chi connectivity index (χ0v) is 13.7. The van der Waals surface area contributed by atoms with E-state index < -0.39 is 16.1 Å². The fourth-order valence-corrected chi connectivity index (χ4v) is 4.40. The minimum absolute atomic E-state index is 0.193. The van der Waals surface area contributed by atoms with Crippen LogP contribution in [0.25, 0.3) is 0 Å². The van der Waals surface area contributed by atoms with Crippen LogP contribution in [0, 0.1) is 0 Å². The topological polar surface area (TPSA) is 105 Å². The van der Waals surface area contributed by atoms with Gasteiger partial charge in [-0.05, 0) is 37.1 Å². The summed E-state index contributed by atoms with van der Waals surface area (Å²) in [5.41, 5.74) is 6.00. The first kappa shape index (κ1) is 16.4. The van der Waals surface area contributed by atoms with E-state index >= 15 is 0 Å². The van der Waals surface area contributed by atoms with Crippen LogP contribution in [-0.2, 0) is 14.8 Å². The second-order valence-corrected chi connectivity index (χ2v) is 7.44. The van der Waals surface area contributed by atoms with Crippen LogP contribution < -0.4 is 11.1 Å². The Hall–Kier alpha value is -2.45. The highest BCUT2D eigenvalue weighted by Crippen LogP contribution is 2.26. The summed E-state index contributed by atoms with van der Waals surface area (Å²) in [4.78, 5) is 16.6. The van der Waals surface area contributed by atoms with E-state index in [1.54, 1.807) is 30.3 Å². The molecule has 0 saturated carbocycles. The van der Waals surface area contributed by atoms with Gasteiger partial charge in [0, 0.05) is 6.54 Å². The van der Waals surface area contributed by atoms with Crippen molar-refractivity contribution in [2.45, 2.75) is 23.8 Å². The second kappa shape index (κ2) is 6.58. The number of anilines is 2. The van der Waals surface area contributed by atoms with Crippen LogP contribution in [-0.4, -0.2) is 36.2 Å². The number of nitrogens with two attached hydrogens (primary N) is 1. The summed E-state index contributed by atoms with van der Waals surface area (Å²) < 4.78 is 26.8. The number of amides is 1. The molecule has 0 aliphatic carbocycles. The zero-order valence-electron chi connectivity index (χ0n) is 12.9. The summed E-state index contributed by atoms with van der Waals surface area (Å²) in [6.45, 7) is 0.329. The van der Waals surface area contributed by atoms with Crippen molar-refractivity contribution in [3.63, 3.8) is 0 Å². The summed E-state index contributed by atoms with van der Waals surface area (Å²) in [7, 11) is -3.70. The van der Waals surface area contributed by atoms with Crippen molar-refractivity contribution in [2.24, 2.45) is 0 Å². The maximum atomic E-state index is 12.8. The first-order valence-corrected chi connectivity index (χ1v) is 9.02. The lowest BCUT2D eigenvalue weighted by molar-refractivity contribution is -0.119. The van der Waals surface area contributed by atoms with Crippen molar-refractivity contribution in [3.8, 4) is 0 Å². The van der Waals surface area contributed by atoms with Gasteiger partial charge in [-0.2, -0.15) is 4.31 Å². The van der Waals surface area contributed by atoms with Gasteiger partial charge in [0.05, 0.1) is 16.8 Å². The van der Waals surface area contributed by atoms with E-state index in [4.69, 9.17) is 5.73 Å². The second-order valence-electron chi connectivity index (χ2n) is 5.55. The van der Waals surface area contributed by atoms with Gasteiger partial charge in [0.1, 0.15) is 11.9 Å². The molecular formula is C16H18N4O3S. The normalized spacial score (nSPS) is 18.4. The van der Waals surface area contributed by atoms with Crippen LogP contribution in [0.4, 0.5) is 11.5 Å². The molecule has 1 aromatic heterocycles. The minimum atomic E-state index is -3.70. The Balaban J connectivity index is 1.80. The molecule has 1 aromatic carbocycles.